The molecular formula is C14H28ClNO. The van der Waals surface area contributed by atoms with Crippen molar-refractivity contribution in [2.45, 2.75) is 59.3 Å². The lowest BCUT2D eigenvalue weighted by Crippen LogP contribution is -2.32. The third kappa shape index (κ3) is 6.92. The number of hydrogen-bond acceptors (Lipinski definition) is 1. The van der Waals surface area contributed by atoms with Crippen LogP contribution in [0, 0.1) is 5.41 Å². The van der Waals surface area contributed by atoms with Crippen molar-refractivity contribution < 1.29 is 4.79 Å². The van der Waals surface area contributed by atoms with E-state index in [0.717, 1.165) is 13.0 Å². The van der Waals surface area contributed by atoms with Gasteiger partial charge < -0.3 is 4.90 Å². The van der Waals surface area contributed by atoms with Crippen LogP contribution in [0.5, 0.6) is 0 Å². The molecule has 0 saturated carbocycles. The molecule has 0 saturated heterocycles. The summed E-state index contributed by atoms with van der Waals surface area (Å²) in [5, 5.41) is 0. The highest BCUT2D eigenvalue weighted by Crippen LogP contribution is 2.33. The van der Waals surface area contributed by atoms with E-state index in [-0.39, 0.29) is 11.8 Å². The molecule has 0 heterocycles. The van der Waals surface area contributed by atoms with Crippen molar-refractivity contribution in [2.75, 3.05) is 19.5 Å². The molecule has 0 bridgehead atoms. The molecule has 0 aromatic heterocycles. The predicted octanol–water partition coefficient (Wildman–Crippen LogP) is 4.07. The van der Waals surface area contributed by atoms with Gasteiger partial charge in [-0.25, -0.2) is 0 Å². The zero-order chi connectivity index (χ0) is 13.3. The van der Waals surface area contributed by atoms with Gasteiger partial charge >= 0.3 is 0 Å². The summed E-state index contributed by atoms with van der Waals surface area (Å²) in [5.41, 5.74) is 0.381. The maximum atomic E-state index is 11.4. The smallest absolute Gasteiger partial charge is 0.237 e. The van der Waals surface area contributed by atoms with Gasteiger partial charge in [0.2, 0.25) is 5.91 Å². The van der Waals surface area contributed by atoms with Gasteiger partial charge in [0.15, 0.2) is 0 Å². The number of unbranched alkanes of at least 4 members (excludes halogenated alkanes) is 1. The van der Waals surface area contributed by atoms with E-state index in [1.165, 1.54) is 32.1 Å². The molecule has 3 heteroatoms. The number of carbonyl (C=O) groups is 1. The minimum absolute atomic E-state index is 0.0287. The van der Waals surface area contributed by atoms with Crippen molar-refractivity contribution >= 4 is 17.5 Å². The molecule has 0 fully saturated rings. The lowest BCUT2D eigenvalue weighted by Gasteiger charge is -2.31. The van der Waals surface area contributed by atoms with Crippen molar-refractivity contribution in [3.8, 4) is 0 Å². The second kappa shape index (κ2) is 8.79. The highest BCUT2D eigenvalue weighted by atomic mass is 35.5. The van der Waals surface area contributed by atoms with E-state index in [0.29, 0.717) is 5.41 Å². The molecule has 0 aliphatic rings. The van der Waals surface area contributed by atoms with Gasteiger partial charge in [-0.15, -0.1) is 11.6 Å². The third-order valence-corrected chi connectivity index (χ3v) is 3.81. The molecule has 102 valence electrons. The first-order valence-corrected chi connectivity index (χ1v) is 7.32. The van der Waals surface area contributed by atoms with Crippen molar-refractivity contribution in [2.24, 2.45) is 5.41 Å². The normalized spacial score (nSPS) is 14.4. The Labute approximate surface area is 112 Å². The van der Waals surface area contributed by atoms with Gasteiger partial charge in [-0.1, -0.05) is 40.0 Å². The first-order chi connectivity index (χ1) is 7.99. The van der Waals surface area contributed by atoms with Gasteiger partial charge in [0.25, 0.3) is 0 Å². The summed E-state index contributed by atoms with van der Waals surface area (Å²) in [5.74, 6) is 0.122. The highest BCUT2D eigenvalue weighted by Gasteiger charge is 2.23. The first kappa shape index (κ1) is 16.8. The first-order valence-electron chi connectivity index (χ1n) is 6.79. The Bertz CT molecular complexity index is 220. The SMILES string of the molecule is CCCCC(C)(CCC)CCN(C)C(=O)CCl. The van der Waals surface area contributed by atoms with Crippen molar-refractivity contribution in [1.82, 2.24) is 4.90 Å². The van der Waals surface area contributed by atoms with E-state index in [2.05, 4.69) is 20.8 Å². The van der Waals surface area contributed by atoms with Gasteiger partial charge in [0.05, 0.1) is 0 Å². The van der Waals surface area contributed by atoms with E-state index in [1.807, 2.05) is 7.05 Å². The lowest BCUT2D eigenvalue weighted by atomic mass is 9.78. The number of carbonyl (C=O) groups excluding carboxylic acids is 1. The van der Waals surface area contributed by atoms with E-state index in [4.69, 9.17) is 11.6 Å². The summed E-state index contributed by atoms with van der Waals surface area (Å²) >= 11 is 5.55. The van der Waals surface area contributed by atoms with Crippen LogP contribution in [-0.2, 0) is 4.79 Å². The zero-order valence-corrected chi connectivity index (χ0v) is 12.6. The average Bonchev–Trinajstić information content (AvgIpc) is 2.33. The van der Waals surface area contributed by atoms with Crippen molar-refractivity contribution in [1.29, 1.82) is 0 Å². The summed E-state index contributed by atoms with van der Waals surface area (Å²) in [7, 11) is 1.84. The Morgan fingerprint density at radius 1 is 1.18 bits per heavy atom. The molecule has 0 spiro atoms. The van der Waals surface area contributed by atoms with Gasteiger partial charge in [-0.2, -0.15) is 0 Å². The average molecular weight is 262 g/mol. The highest BCUT2D eigenvalue weighted by molar-refractivity contribution is 6.27. The Hall–Kier alpha value is -0.240. The minimum Gasteiger partial charge on any atom is -0.345 e. The fourth-order valence-corrected chi connectivity index (χ4v) is 2.45. The van der Waals surface area contributed by atoms with Crippen LogP contribution in [0.25, 0.3) is 0 Å². The van der Waals surface area contributed by atoms with Gasteiger partial charge in [0.1, 0.15) is 5.88 Å². The number of hydrogen-bond donors (Lipinski definition) is 0. The monoisotopic (exact) mass is 261 g/mol. The standard InChI is InChI=1S/C14H28ClNO/c1-5-7-9-14(3,8-6-2)10-11-16(4)13(17)12-15/h5-12H2,1-4H3. The van der Waals surface area contributed by atoms with Crippen LogP contribution in [0.3, 0.4) is 0 Å². The van der Waals surface area contributed by atoms with Crippen molar-refractivity contribution in [3.63, 3.8) is 0 Å². The molecular weight excluding hydrogens is 234 g/mol. The third-order valence-electron chi connectivity index (χ3n) is 3.58. The van der Waals surface area contributed by atoms with Gasteiger partial charge in [-0.05, 0) is 24.7 Å². The Morgan fingerprint density at radius 3 is 2.29 bits per heavy atom. The number of amides is 1. The van der Waals surface area contributed by atoms with Crippen LogP contribution in [0.15, 0.2) is 0 Å². The molecule has 0 radical (unpaired) electrons. The molecule has 1 amide bonds. The van der Waals surface area contributed by atoms with Gasteiger partial charge in [0, 0.05) is 13.6 Å². The lowest BCUT2D eigenvalue weighted by molar-refractivity contribution is -0.127. The maximum absolute atomic E-state index is 11.4. The van der Waals surface area contributed by atoms with Crippen LogP contribution in [0.2, 0.25) is 0 Å². The summed E-state index contributed by atoms with van der Waals surface area (Å²) in [6.07, 6.45) is 7.34. The summed E-state index contributed by atoms with van der Waals surface area (Å²) in [6.45, 7) is 7.64. The van der Waals surface area contributed by atoms with Crippen LogP contribution in [-0.4, -0.2) is 30.3 Å². The van der Waals surface area contributed by atoms with Crippen LogP contribution in [0.4, 0.5) is 0 Å². The molecule has 1 unspecified atom stereocenters. The van der Waals surface area contributed by atoms with E-state index in [1.54, 1.807) is 4.90 Å². The molecule has 2 nitrogen and oxygen atoms in total. The van der Waals surface area contributed by atoms with E-state index in [9.17, 15) is 4.79 Å². The van der Waals surface area contributed by atoms with Crippen molar-refractivity contribution in [3.05, 3.63) is 0 Å². The molecule has 0 N–H and O–H groups in total. The number of nitrogens with zero attached hydrogens (tertiary/aromatic N) is 1. The molecule has 1 atom stereocenters. The Balaban J connectivity index is 4.19. The van der Waals surface area contributed by atoms with E-state index < -0.39 is 0 Å². The summed E-state index contributed by atoms with van der Waals surface area (Å²) in [6, 6.07) is 0. The fraction of sp³-hybridized carbons (Fsp3) is 0.929. The predicted molar refractivity (Wildman–Crippen MR) is 75.5 cm³/mol. The maximum Gasteiger partial charge on any atom is 0.237 e. The molecule has 0 aromatic rings. The molecule has 0 aliphatic carbocycles. The van der Waals surface area contributed by atoms with Crippen LogP contribution < -0.4 is 0 Å². The van der Waals surface area contributed by atoms with E-state index >= 15 is 0 Å². The van der Waals surface area contributed by atoms with Crippen LogP contribution in [0.1, 0.15) is 59.3 Å². The number of rotatable bonds is 9. The summed E-state index contributed by atoms with van der Waals surface area (Å²) < 4.78 is 0. The largest absolute Gasteiger partial charge is 0.345 e. The Kier molecular flexibility index (Phi) is 8.67. The van der Waals surface area contributed by atoms with Crippen LogP contribution >= 0.6 is 11.6 Å². The molecule has 0 rings (SSSR count). The quantitative estimate of drug-likeness (QED) is 0.573. The fourth-order valence-electron chi connectivity index (χ4n) is 2.25. The second-order valence-corrected chi connectivity index (χ2v) is 5.63. The van der Waals surface area contributed by atoms with Gasteiger partial charge in [-0.3, -0.25) is 4.79 Å². The Morgan fingerprint density at radius 2 is 1.82 bits per heavy atom. The minimum atomic E-state index is 0.0287. The number of alkyl halides is 1. The second-order valence-electron chi connectivity index (χ2n) is 5.36. The topological polar surface area (TPSA) is 20.3 Å². The molecule has 0 aromatic carbocycles. The number of halogens is 1. The summed E-state index contributed by atoms with van der Waals surface area (Å²) in [4.78, 5) is 13.2. The zero-order valence-electron chi connectivity index (χ0n) is 11.9. The molecule has 0 aliphatic heterocycles. The molecule has 17 heavy (non-hydrogen) atoms.